The summed E-state index contributed by atoms with van der Waals surface area (Å²) < 4.78 is 21.6. The average molecular weight is 260 g/mol. The smallest absolute Gasteiger partial charge is 0.221 e. The zero-order chi connectivity index (χ0) is 12.7. The highest BCUT2D eigenvalue weighted by atomic mass is 32.2. The van der Waals surface area contributed by atoms with Crippen molar-refractivity contribution in [3.8, 4) is 0 Å². The standard InChI is InChI=1S/C9H16N4O3S/c1-17(15,16)6-4-9(14)10-5-2-3-8-11-7-12-13-8/h7H,2-6H2,1H3,(H,10,14)(H,11,12,13). The Morgan fingerprint density at radius 1 is 1.53 bits per heavy atom. The SMILES string of the molecule is CS(=O)(=O)CCC(=O)NCCCc1ncn[nH]1. The Bertz CT molecular complexity index is 441. The van der Waals surface area contributed by atoms with Gasteiger partial charge in [-0.3, -0.25) is 9.89 Å². The molecule has 0 saturated carbocycles. The molecular formula is C9H16N4O3S. The highest BCUT2D eigenvalue weighted by Crippen LogP contribution is 1.93. The van der Waals surface area contributed by atoms with Crippen molar-refractivity contribution in [3.63, 3.8) is 0 Å². The second-order valence-corrected chi connectivity index (χ2v) is 6.03. The second kappa shape index (κ2) is 6.33. The van der Waals surface area contributed by atoms with Gasteiger partial charge >= 0.3 is 0 Å². The summed E-state index contributed by atoms with van der Waals surface area (Å²) in [5.74, 6) is 0.421. The maximum atomic E-state index is 11.2. The number of aryl methyl sites for hydroxylation is 1. The van der Waals surface area contributed by atoms with E-state index in [0.29, 0.717) is 13.0 Å². The Balaban J connectivity index is 2.08. The largest absolute Gasteiger partial charge is 0.356 e. The molecule has 1 heterocycles. The normalized spacial score (nSPS) is 11.4. The average Bonchev–Trinajstić information content (AvgIpc) is 2.73. The van der Waals surface area contributed by atoms with Crippen molar-refractivity contribution in [2.24, 2.45) is 0 Å². The van der Waals surface area contributed by atoms with E-state index < -0.39 is 9.84 Å². The maximum Gasteiger partial charge on any atom is 0.221 e. The molecule has 7 nitrogen and oxygen atoms in total. The molecule has 0 aliphatic heterocycles. The third-order valence-electron chi connectivity index (χ3n) is 2.08. The van der Waals surface area contributed by atoms with Gasteiger partial charge in [-0.05, 0) is 6.42 Å². The molecule has 1 aromatic rings. The summed E-state index contributed by atoms with van der Waals surface area (Å²) in [7, 11) is -3.07. The molecule has 0 fully saturated rings. The molecule has 0 saturated heterocycles. The summed E-state index contributed by atoms with van der Waals surface area (Å²) in [4.78, 5) is 15.2. The first kappa shape index (κ1) is 13.6. The van der Waals surface area contributed by atoms with Crippen molar-refractivity contribution >= 4 is 15.7 Å². The summed E-state index contributed by atoms with van der Waals surface area (Å²) in [6.07, 6.45) is 4.00. The molecule has 1 aromatic heterocycles. The fourth-order valence-corrected chi connectivity index (χ4v) is 1.76. The van der Waals surface area contributed by atoms with Crippen LogP contribution in [-0.2, 0) is 21.1 Å². The first-order valence-electron chi connectivity index (χ1n) is 5.26. The molecule has 0 unspecified atom stereocenters. The van der Waals surface area contributed by atoms with Crippen LogP contribution in [0.1, 0.15) is 18.7 Å². The van der Waals surface area contributed by atoms with Crippen LogP contribution in [-0.4, -0.2) is 48.1 Å². The zero-order valence-corrected chi connectivity index (χ0v) is 10.5. The molecule has 96 valence electrons. The van der Waals surface area contributed by atoms with Crippen LogP contribution in [0.25, 0.3) is 0 Å². The number of aromatic nitrogens is 3. The monoisotopic (exact) mass is 260 g/mol. The lowest BCUT2D eigenvalue weighted by Gasteiger charge is -2.03. The fourth-order valence-electron chi connectivity index (χ4n) is 1.20. The highest BCUT2D eigenvalue weighted by molar-refractivity contribution is 7.90. The zero-order valence-electron chi connectivity index (χ0n) is 9.64. The van der Waals surface area contributed by atoms with Gasteiger partial charge in [-0.2, -0.15) is 5.10 Å². The van der Waals surface area contributed by atoms with E-state index in [1.54, 1.807) is 0 Å². The van der Waals surface area contributed by atoms with E-state index >= 15 is 0 Å². The van der Waals surface area contributed by atoms with Gasteiger partial charge in [-0.15, -0.1) is 0 Å². The van der Waals surface area contributed by atoms with Gasteiger partial charge in [0.05, 0.1) is 5.75 Å². The molecule has 17 heavy (non-hydrogen) atoms. The quantitative estimate of drug-likeness (QED) is 0.630. The topological polar surface area (TPSA) is 105 Å². The predicted molar refractivity (Wildman–Crippen MR) is 62.0 cm³/mol. The minimum absolute atomic E-state index is 0.0150. The summed E-state index contributed by atoms with van der Waals surface area (Å²) in [5.41, 5.74) is 0. The van der Waals surface area contributed by atoms with Gasteiger partial charge in [0.15, 0.2) is 0 Å². The molecule has 0 atom stereocenters. The van der Waals surface area contributed by atoms with E-state index in [1.165, 1.54) is 6.33 Å². The summed E-state index contributed by atoms with van der Waals surface area (Å²) in [6.45, 7) is 0.503. The first-order chi connectivity index (χ1) is 7.97. The number of rotatable bonds is 7. The van der Waals surface area contributed by atoms with Gasteiger partial charge in [-0.25, -0.2) is 13.4 Å². The van der Waals surface area contributed by atoms with Crippen molar-refractivity contribution in [1.29, 1.82) is 0 Å². The molecule has 0 bridgehead atoms. The summed E-state index contributed by atoms with van der Waals surface area (Å²) in [5, 5.41) is 9.07. The summed E-state index contributed by atoms with van der Waals surface area (Å²) in [6, 6.07) is 0. The lowest BCUT2D eigenvalue weighted by atomic mass is 10.3. The molecule has 0 aliphatic carbocycles. The molecule has 0 aromatic carbocycles. The van der Waals surface area contributed by atoms with Crippen LogP contribution in [0.15, 0.2) is 6.33 Å². The van der Waals surface area contributed by atoms with Crippen LogP contribution in [0.4, 0.5) is 0 Å². The van der Waals surface area contributed by atoms with E-state index in [9.17, 15) is 13.2 Å². The lowest BCUT2D eigenvalue weighted by molar-refractivity contribution is -0.120. The molecule has 1 amide bonds. The van der Waals surface area contributed by atoms with E-state index in [0.717, 1.165) is 18.5 Å². The Kier molecular flexibility index (Phi) is 5.08. The molecule has 2 N–H and O–H groups in total. The van der Waals surface area contributed by atoms with Crippen molar-refractivity contribution in [1.82, 2.24) is 20.5 Å². The van der Waals surface area contributed by atoms with Crippen LogP contribution in [0.3, 0.4) is 0 Å². The number of nitrogens with one attached hydrogen (secondary N) is 2. The number of aromatic amines is 1. The number of carbonyl (C=O) groups is 1. The van der Waals surface area contributed by atoms with E-state index in [2.05, 4.69) is 20.5 Å². The van der Waals surface area contributed by atoms with Crippen molar-refractivity contribution < 1.29 is 13.2 Å². The number of H-pyrrole nitrogens is 1. The van der Waals surface area contributed by atoms with Gasteiger partial charge < -0.3 is 5.32 Å². The molecule has 0 radical (unpaired) electrons. The Morgan fingerprint density at radius 2 is 2.29 bits per heavy atom. The number of carbonyl (C=O) groups excluding carboxylic acids is 1. The van der Waals surface area contributed by atoms with Crippen LogP contribution >= 0.6 is 0 Å². The second-order valence-electron chi connectivity index (χ2n) is 3.77. The number of sulfone groups is 1. The van der Waals surface area contributed by atoms with Crippen LogP contribution < -0.4 is 5.32 Å². The highest BCUT2D eigenvalue weighted by Gasteiger charge is 2.07. The number of hydrogen-bond acceptors (Lipinski definition) is 5. The molecule has 8 heteroatoms. The van der Waals surface area contributed by atoms with Gasteiger partial charge in [-0.1, -0.05) is 0 Å². The van der Waals surface area contributed by atoms with Gasteiger partial charge in [0, 0.05) is 25.6 Å². The minimum Gasteiger partial charge on any atom is -0.356 e. The van der Waals surface area contributed by atoms with Crippen molar-refractivity contribution in [2.45, 2.75) is 19.3 Å². The van der Waals surface area contributed by atoms with Gasteiger partial charge in [0.1, 0.15) is 22.0 Å². The number of hydrogen-bond donors (Lipinski definition) is 2. The molecule has 1 rings (SSSR count). The third-order valence-corrected chi connectivity index (χ3v) is 3.02. The third kappa shape index (κ3) is 6.67. The minimum atomic E-state index is -3.07. The van der Waals surface area contributed by atoms with E-state index in [4.69, 9.17) is 0 Å². The van der Waals surface area contributed by atoms with Crippen LogP contribution in [0.2, 0.25) is 0 Å². The van der Waals surface area contributed by atoms with Gasteiger partial charge in [0.25, 0.3) is 0 Å². The van der Waals surface area contributed by atoms with E-state index in [1.807, 2.05) is 0 Å². The Labute approximate surface area is 99.9 Å². The van der Waals surface area contributed by atoms with Gasteiger partial charge in [0.2, 0.25) is 5.91 Å². The van der Waals surface area contributed by atoms with Crippen molar-refractivity contribution in [3.05, 3.63) is 12.2 Å². The first-order valence-corrected chi connectivity index (χ1v) is 7.32. The Hall–Kier alpha value is -1.44. The number of nitrogens with zero attached hydrogens (tertiary/aromatic N) is 2. The number of amides is 1. The van der Waals surface area contributed by atoms with Crippen molar-refractivity contribution in [2.75, 3.05) is 18.6 Å². The molecule has 0 spiro atoms. The fraction of sp³-hybridized carbons (Fsp3) is 0.667. The lowest BCUT2D eigenvalue weighted by Crippen LogP contribution is -2.26. The van der Waals surface area contributed by atoms with Crippen LogP contribution in [0.5, 0.6) is 0 Å². The molecule has 0 aliphatic rings. The van der Waals surface area contributed by atoms with E-state index in [-0.39, 0.29) is 18.1 Å². The van der Waals surface area contributed by atoms with Crippen LogP contribution in [0, 0.1) is 0 Å². The predicted octanol–water partition coefficient (Wildman–Crippen LogP) is -0.712. The molecular weight excluding hydrogens is 244 g/mol. The maximum absolute atomic E-state index is 11.2. The Morgan fingerprint density at radius 3 is 2.88 bits per heavy atom. The summed E-state index contributed by atoms with van der Waals surface area (Å²) >= 11 is 0.